The summed E-state index contributed by atoms with van der Waals surface area (Å²) < 4.78 is 1.92. The van der Waals surface area contributed by atoms with Crippen LogP contribution >= 0.6 is 11.6 Å². The number of carbonyl (C=O) groups excluding carboxylic acids is 1. The number of piperazine rings is 1. The number of hydrogen-bond acceptors (Lipinski definition) is 4. The molecule has 1 amide bonds. The van der Waals surface area contributed by atoms with Crippen LogP contribution in [-0.4, -0.2) is 76.0 Å². The summed E-state index contributed by atoms with van der Waals surface area (Å²) in [4.78, 5) is 23.2. The quantitative estimate of drug-likeness (QED) is 0.822. The van der Waals surface area contributed by atoms with E-state index in [9.17, 15) is 4.79 Å². The molecule has 2 aliphatic heterocycles. The Morgan fingerprint density at radius 3 is 2.36 bits per heavy atom. The molecule has 0 spiro atoms. The van der Waals surface area contributed by atoms with Gasteiger partial charge in [0.1, 0.15) is 11.0 Å². The highest BCUT2D eigenvalue weighted by molar-refractivity contribution is 6.29. The number of halogens is 1. The van der Waals surface area contributed by atoms with E-state index in [2.05, 4.69) is 14.8 Å². The van der Waals surface area contributed by atoms with Gasteiger partial charge in [-0.2, -0.15) is 0 Å². The molecule has 0 bridgehead atoms. The second kappa shape index (κ2) is 6.98. The van der Waals surface area contributed by atoms with E-state index >= 15 is 0 Å². The van der Waals surface area contributed by atoms with Crippen LogP contribution in [0.25, 0.3) is 0 Å². The van der Waals surface area contributed by atoms with Gasteiger partial charge in [0, 0.05) is 46.3 Å². The maximum Gasteiger partial charge on any atom is 0.236 e. The maximum atomic E-state index is 12.2. The SMILES string of the molecule is Cn1c(Cl)cnc1CN1CCN(CC(=O)N2CCCC2)CC1. The molecule has 122 valence electrons. The lowest BCUT2D eigenvalue weighted by Gasteiger charge is -2.34. The average Bonchev–Trinajstić information content (AvgIpc) is 3.15. The summed E-state index contributed by atoms with van der Waals surface area (Å²) in [5.41, 5.74) is 0. The molecule has 2 fully saturated rings. The van der Waals surface area contributed by atoms with Gasteiger partial charge in [0.15, 0.2) is 0 Å². The van der Waals surface area contributed by atoms with Crippen molar-refractivity contribution in [1.82, 2.24) is 24.3 Å². The van der Waals surface area contributed by atoms with Crippen molar-refractivity contribution >= 4 is 17.5 Å². The number of hydrogen-bond donors (Lipinski definition) is 0. The Morgan fingerprint density at radius 2 is 1.77 bits per heavy atom. The minimum Gasteiger partial charge on any atom is -0.342 e. The molecule has 3 heterocycles. The van der Waals surface area contributed by atoms with Crippen molar-refractivity contribution in [3.63, 3.8) is 0 Å². The van der Waals surface area contributed by atoms with Crippen LogP contribution in [0.4, 0.5) is 0 Å². The van der Waals surface area contributed by atoms with Gasteiger partial charge in [-0.3, -0.25) is 14.6 Å². The molecule has 0 atom stereocenters. The minimum atomic E-state index is 0.293. The summed E-state index contributed by atoms with van der Waals surface area (Å²) in [6, 6.07) is 0. The van der Waals surface area contributed by atoms with Gasteiger partial charge in [-0.1, -0.05) is 11.6 Å². The molecule has 0 saturated carbocycles. The Balaban J connectivity index is 1.44. The third kappa shape index (κ3) is 3.62. The summed E-state index contributed by atoms with van der Waals surface area (Å²) in [7, 11) is 1.94. The van der Waals surface area contributed by atoms with Gasteiger partial charge in [-0.15, -0.1) is 0 Å². The second-order valence-electron chi connectivity index (χ2n) is 6.20. The van der Waals surface area contributed by atoms with E-state index in [-0.39, 0.29) is 0 Å². The monoisotopic (exact) mass is 325 g/mol. The van der Waals surface area contributed by atoms with Gasteiger partial charge < -0.3 is 9.47 Å². The van der Waals surface area contributed by atoms with Crippen molar-refractivity contribution in [3.8, 4) is 0 Å². The number of aromatic nitrogens is 2. The molecular weight excluding hydrogens is 302 g/mol. The molecule has 0 aromatic carbocycles. The van der Waals surface area contributed by atoms with Gasteiger partial charge in [0.25, 0.3) is 0 Å². The van der Waals surface area contributed by atoms with E-state index in [0.29, 0.717) is 17.6 Å². The summed E-state index contributed by atoms with van der Waals surface area (Å²) in [6.45, 7) is 7.10. The van der Waals surface area contributed by atoms with Crippen LogP contribution in [0.15, 0.2) is 6.20 Å². The topological polar surface area (TPSA) is 44.6 Å². The molecule has 1 aromatic rings. The third-order valence-corrected chi connectivity index (χ3v) is 5.03. The van der Waals surface area contributed by atoms with Crippen molar-refractivity contribution in [2.45, 2.75) is 19.4 Å². The van der Waals surface area contributed by atoms with E-state index < -0.39 is 0 Å². The summed E-state index contributed by atoms with van der Waals surface area (Å²) in [6.07, 6.45) is 4.01. The molecule has 6 nitrogen and oxygen atoms in total. The zero-order chi connectivity index (χ0) is 15.5. The van der Waals surface area contributed by atoms with Gasteiger partial charge in [0.2, 0.25) is 5.91 Å². The Kier molecular flexibility index (Phi) is 5.00. The third-order valence-electron chi connectivity index (χ3n) is 4.68. The lowest BCUT2D eigenvalue weighted by molar-refractivity contribution is -0.131. The van der Waals surface area contributed by atoms with E-state index in [1.165, 1.54) is 0 Å². The lowest BCUT2D eigenvalue weighted by atomic mass is 10.3. The highest BCUT2D eigenvalue weighted by Crippen LogP contribution is 2.13. The molecule has 2 saturated heterocycles. The highest BCUT2D eigenvalue weighted by Gasteiger charge is 2.23. The number of rotatable bonds is 4. The Morgan fingerprint density at radius 1 is 1.14 bits per heavy atom. The summed E-state index contributed by atoms with van der Waals surface area (Å²) in [5, 5.41) is 0.671. The van der Waals surface area contributed by atoms with Crippen LogP contribution in [0, 0.1) is 0 Å². The molecule has 0 N–H and O–H groups in total. The molecule has 7 heteroatoms. The normalized spacial score (nSPS) is 20.7. The predicted octanol–water partition coefficient (Wildman–Crippen LogP) is 0.813. The van der Waals surface area contributed by atoms with E-state index in [0.717, 1.165) is 64.5 Å². The smallest absolute Gasteiger partial charge is 0.236 e. The van der Waals surface area contributed by atoms with Gasteiger partial charge in [-0.25, -0.2) is 4.98 Å². The fourth-order valence-electron chi connectivity index (χ4n) is 3.13. The summed E-state index contributed by atoms with van der Waals surface area (Å²) in [5.74, 6) is 1.29. The lowest BCUT2D eigenvalue weighted by Crippen LogP contribution is -2.49. The van der Waals surface area contributed by atoms with E-state index in [1.54, 1.807) is 6.20 Å². The van der Waals surface area contributed by atoms with Gasteiger partial charge in [-0.05, 0) is 12.8 Å². The first kappa shape index (κ1) is 15.8. The Labute approximate surface area is 136 Å². The second-order valence-corrected chi connectivity index (χ2v) is 6.58. The molecule has 22 heavy (non-hydrogen) atoms. The number of likely N-dealkylation sites (tertiary alicyclic amines) is 1. The van der Waals surface area contributed by atoms with Crippen molar-refractivity contribution in [3.05, 3.63) is 17.2 Å². The first-order valence-corrected chi connectivity index (χ1v) is 8.40. The molecule has 0 radical (unpaired) electrons. The van der Waals surface area contributed by atoms with Crippen LogP contribution in [0.1, 0.15) is 18.7 Å². The van der Waals surface area contributed by atoms with Crippen LogP contribution in [0.2, 0.25) is 5.15 Å². The van der Waals surface area contributed by atoms with Crippen molar-refractivity contribution in [1.29, 1.82) is 0 Å². The first-order chi connectivity index (χ1) is 10.6. The fourth-order valence-corrected chi connectivity index (χ4v) is 3.28. The molecule has 0 aliphatic carbocycles. The summed E-state index contributed by atoms with van der Waals surface area (Å²) >= 11 is 6.02. The number of carbonyl (C=O) groups is 1. The first-order valence-electron chi connectivity index (χ1n) is 8.02. The van der Waals surface area contributed by atoms with Crippen LogP contribution < -0.4 is 0 Å². The fraction of sp³-hybridized carbons (Fsp3) is 0.733. The largest absolute Gasteiger partial charge is 0.342 e. The van der Waals surface area contributed by atoms with Crippen LogP contribution in [0.5, 0.6) is 0 Å². The minimum absolute atomic E-state index is 0.293. The number of nitrogens with zero attached hydrogens (tertiary/aromatic N) is 5. The predicted molar refractivity (Wildman–Crippen MR) is 85.7 cm³/mol. The van der Waals surface area contributed by atoms with Crippen molar-refractivity contribution in [2.75, 3.05) is 45.8 Å². The zero-order valence-corrected chi connectivity index (χ0v) is 13.9. The average molecular weight is 326 g/mol. The van der Waals surface area contributed by atoms with E-state index in [4.69, 9.17) is 11.6 Å². The van der Waals surface area contributed by atoms with Crippen molar-refractivity contribution < 1.29 is 4.79 Å². The maximum absolute atomic E-state index is 12.2. The van der Waals surface area contributed by atoms with Gasteiger partial charge in [0.05, 0.1) is 19.3 Å². The van der Waals surface area contributed by atoms with Gasteiger partial charge >= 0.3 is 0 Å². The molecular formula is C15H24ClN5O. The number of amides is 1. The van der Waals surface area contributed by atoms with Crippen LogP contribution in [-0.2, 0) is 18.4 Å². The Bertz CT molecular complexity index is 518. The molecule has 0 unspecified atom stereocenters. The van der Waals surface area contributed by atoms with E-state index in [1.807, 2.05) is 16.5 Å². The van der Waals surface area contributed by atoms with Crippen LogP contribution in [0.3, 0.4) is 0 Å². The molecule has 3 rings (SSSR count). The highest BCUT2D eigenvalue weighted by atomic mass is 35.5. The van der Waals surface area contributed by atoms with Crippen molar-refractivity contribution in [2.24, 2.45) is 7.05 Å². The molecule has 2 aliphatic rings. The molecule has 1 aromatic heterocycles. The Hall–Kier alpha value is -1.11. The standard InChI is InChI=1S/C15H24ClN5O/c1-18-13(16)10-17-14(18)11-19-6-8-20(9-7-19)12-15(22)21-4-2-3-5-21/h10H,2-9,11-12H2,1H3. The zero-order valence-electron chi connectivity index (χ0n) is 13.2. The number of imidazole rings is 1.